The van der Waals surface area contributed by atoms with E-state index in [9.17, 15) is 0 Å². The predicted octanol–water partition coefficient (Wildman–Crippen LogP) is 4.47. The zero-order valence-corrected chi connectivity index (χ0v) is 10.5. The lowest BCUT2D eigenvalue weighted by Gasteiger charge is -2.04. The highest BCUT2D eigenvalue weighted by Gasteiger charge is 2.01. The molecule has 76 valence electrons. The first-order valence-corrected chi connectivity index (χ1v) is 5.72. The average Bonchev–Trinajstić information content (AvgIpc) is 2.22. The Hall–Kier alpha value is -0.860. The maximum atomic E-state index is 5.85. The first-order valence-electron chi connectivity index (χ1n) is 4.55. The van der Waals surface area contributed by atoms with Gasteiger partial charge in [0.2, 0.25) is 0 Å². The molecule has 0 aliphatic rings. The highest BCUT2D eigenvalue weighted by Crippen LogP contribution is 2.25. The quantitative estimate of drug-likeness (QED) is 0.703. The monoisotopic (exact) mass is 281 g/mol. The number of halogens is 2. The molecule has 0 saturated heterocycles. The van der Waals surface area contributed by atoms with Gasteiger partial charge in [0.25, 0.3) is 0 Å². The third kappa shape index (κ3) is 2.39. The Morgan fingerprint density at radius 1 is 1.13 bits per heavy atom. The Morgan fingerprint density at radius 2 is 1.87 bits per heavy atom. The molecule has 0 aliphatic carbocycles. The van der Waals surface area contributed by atoms with E-state index in [0.717, 1.165) is 15.6 Å². The summed E-state index contributed by atoms with van der Waals surface area (Å²) in [5.74, 6) is 0. The van der Waals surface area contributed by atoms with E-state index in [4.69, 9.17) is 11.6 Å². The van der Waals surface area contributed by atoms with Crippen molar-refractivity contribution in [2.45, 2.75) is 6.92 Å². The van der Waals surface area contributed by atoms with Gasteiger partial charge in [-0.1, -0.05) is 39.7 Å². The summed E-state index contributed by atoms with van der Waals surface area (Å²) < 4.78 is 1.12. The fourth-order valence-electron chi connectivity index (χ4n) is 1.41. The Kier molecular flexibility index (Phi) is 3.08. The molecule has 0 spiro atoms. The molecule has 0 fully saturated rings. The van der Waals surface area contributed by atoms with Crippen LogP contribution in [0, 0.1) is 6.92 Å². The molecule has 1 aromatic carbocycles. The molecule has 0 saturated carbocycles. The van der Waals surface area contributed by atoms with Gasteiger partial charge in [0.05, 0.1) is 0 Å². The molecule has 1 heterocycles. The Morgan fingerprint density at radius 3 is 2.53 bits per heavy atom. The Labute approximate surface area is 102 Å². The zero-order valence-electron chi connectivity index (χ0n) is 8.17. The number of hydrogen-bond donors (Lipinski definition) is 0. The van der Waals surface area contributed by atoms with Gasteiger partial charge < -0.3 is 0 Å². The van der Waals surface area contributed by atoms with Crippen molar-refractivity contribution in [1.29, 1.82) is 0 Å². The van der Waals surface area contributed by atoms with E-state index in [1.54, 1.807) is 6.20 Å². The van der Waals surface area contributed by atoms with Crippen LogP contribution in [0.15, 0.2) is 41.0 Å². The summed E-state index contributed by atoms with van der Waals surface area (Å²) in [7, 11) is 0. The standard InChI is InChI=1S/C12H9BrClN/c1-8-6-9(2-3-11(8)13)10-4-5-15-12(14)7-10/h2-7H,1H3. The van der Waals surface area contributed by atoms with E-state index in [1.165, 1.54) is 5.56 Å². The van der Waals surface area contributed by atoms with Crippen LogP contribution in [-0.4, -0.2) is 4.98 Å². The normalized spacial score (nSPS) is 10.3. The molecule has 0 atom stereocenters. The van der Waals surface area contributed by atoms with Gasteiger partial charge in [-0.3, -0.25) is 0 Å². The van der Waals surface area contributed by atoms with Crippen molar-refractivity contribution in [3.8, 4) is 11.1 Å². The van der Waals surface area contributed by atoms with E-state index in [-0.39, 0.29) is 0 Å². The van der Waals surface area contributed by atoms with Crippen molar-refractivity contribution < 1.29 is 0 Å². The number of nitrogens with zero attached hydrogens (tertiary/aromatic N) is 1. The number of aryl methyl sites for hydroxylation is 1. The molecule has 2 rings (SSSR count). The minimum atomic E-state index is 0.521. The first kappa shape index (κ1) is 10.7. The van der Waals surface area contributed by atoms with Gasteiger partial charge in [-0.05, 0) is 41.8 Å². The predicted molar refractivity (Wildman–Crippen MR) is 67.1 cm³/mol. The van der Waals surface area contributed by atoms with Gasteiger partial charge in [-0.15, -0.1) is 0 Å². The molecule has 15 heavy (non-hydrogen) atoms. The summed E-state index contributed by atoms with van der Waals surface area (Å²) in [6, 6.07) is 10.0. The molecular formula is C12H9BrClN. The van der Waals surface area contributed by atoms with Crippen LogP contribution in [0.25, 0.3) is 11.1 Å². The van der Waals surface area contributed by atoms with Crippen molar-refractivity contribution >= 4 is 27.5 Å². The summed E-state index contributed by atoms with van der Waals surface area (Å²) in [6.07, 6.45) is 1.72. The maximum absolute atomic E-state index is 5.85. The minimum absolute atomic E-state index is 0.521. The number of benzene rings is 1. The van der Waals surface area contributed by atoms with Crippen molar-refractivity contribution in [3.63, 3.8) is 0 Å². The largest absolute Gasteiger partial charge is 0.245 e. The second-order valence-electron chi connectivity index (χ2n) is 3.33. The summed E-state index contributed by atoms with van der Waals surface area (Å²) in [6.45, 7) is 2.07. The lowest BCUT2D eigenvalue weighted by atomic mass is 10.1. The fraction of sp³-hybridized carbons (Fsp3) is 0.0833. The van der Waals surface area contributed by atoms with Crippen LogP contribution < -0.4 is 0 Å². The van der Waals surface area contributed by atoms with Crippen LogP contribution in [0.4, 0.5) is 0 Å². The third-order valence-corrected chi connectivity index (χ3v) is 3.31. The third-order valence-electron chi connectivity index (χ3n) is 2.22. The molecule has 1 nitrogen and oxygen atoms in total. The average molecular weight is 283 g/mol. The molecule has 3 heteroatoms. The van der Waals surface area contributed by atoms with Crippen LogP contribution in [0.2, 0.25) is 5.15 Å². The van der Waals surface area contributed by atoms with Crippen molar-refractivity contribution in [3.05, 3.63) is 51.7 Å². The molecule has 0 radical (unpaired) electrons. The molecule has 1 aromatic heterocycles. The second kappa shape index (κ2) is 4.33. The van der Waals surface area contributed by atoms with E-state index in [2.05, 4.69) is 40.0 Å². The van der Waals surface area contributed by atoms with E-state index in [0.29, 0.717) is 5.15 Å². The van der Waals surface area contributed by atoms with Crippen LogP contribution in [0.5, 0.6) is 0 Å². The number of hydrogen-bond acceptors (Lipinski definition) is 1. The van der Waals surface area contributed by atoms with Gasteiger partial charge >= 0.3 is 0 Å². The minimum Gasteiger partial charge on any atom is -0.245 e. The first-order chi connectivity index (χ1) is 7.16. The molecule has 0 aliphatic heterocycles. The molecule has 0 unspecified atom stereocenters. The Balaban J connectivity index is 2.50. The number of aromatic nitrogens is 1. The number of rotatable bonds is 1. The van der Waals surface area contributed by atoms with Gasteiger partial charge in [-0.2, -0.15) is 0 Å². The topological polar surface area (TPSA) is 12.9 Å². The SMILES string of the molecule is Cc1cc(-c2ccnc(Cl)c2)ccc1Br. The van der Waals surface area contributed by atoms with Crippen molar-refractivity contribution in [1.82, 2.24) is 4.98 Å². The van der Waals surface area contributed by atoms with E-state index < -0.39 is 0 Å². The van der Waals surface area contributed by atoms with Crippen molar-refractivity contribution in [2.75, 3.05) is 0 Å². The van der Waals surface area contributed by atoms with Crippen LogP contribution in [0.1, 0.15) is 5.56 Å². The summed E-state index contributed by atoms with van der Waals surface area (Å²) in [5, 5.41) is 0.521. The lowest BCUT2D eigenvalue weighted by Crippen LogP contribution is -1.82. The highest BCUT2D eigenvalue weighted by molar-refractivity contribution is 9.10. The van der Waals surface area contributed by atoms with Crippen LogP contribution >= 0.6 is 27.5 Å². The van der Waals surface area contributed by atoms with Crippen molar-refractivity contribution in [2.24, 2.45) is 0 Å². The zero-order chi connectivity index (χ0) is 10.8. The molecule has 0 bridgehead atoms. The highest BCUT2D eigenvalue weighted by atomic mass is 79.9. The van der Waals surface area contributed by atoms with Crippen LogP contribution in [-0.2, 0) is 0 Å². The molecule has 0 amide bonds. The van der Waals surface area contributed by atoms with E-state index >= 15 is 0 Å². The smallest absolute Gasteiger partial charge is 0.129 e. The van der Waals surface area contributed by atoms with Gasteiger partial charge in [0.1, 0.15) is 5.15 Å². The summed E-state index contributed by atoms with van der Waals surface area (Å²) in [5.41, 5.74) is 3.45. The van der Waals surface area contributed by atoms with Gasteiger partial charge in [0.15, 0.2) is 0 Å². The second-order valence-corrected chi connectivity index (χ2v) is 4.57. The maximum Gasteiger partial charge on any atom is 0.129 e. The summed E-state index contributed by atoms with van der Waals surface area (Å²) >= 11 is 9.32. The molecule has 0 N–H and O–H groups in total. The van der Waals surface area contributed by atoms with Gasteiger partial charge in [-0.25, -0.2) is 4.98 Å². The number of pyridine rings is 1. The van der Waals surface area contributed by atoms with E-state index in [1.807, 2.05) is 18.2 Å². The lowest BCUT2D eigenvalue weighted by molar-refractivity contribution is 1.32. The molecule has 2 aromatic rings. The fourth-order valence-corrected chi connectivity index (χ4v) is 1.83. The van der Waals surface area contributed by atoms with Crippen LogP contribution in [0.3, 0.4) is 0 Å². The molecular weight excluding hydrogens is 273 g/mol. The van der Waals surface area contributed by atoms with Gasteiger partial charge in [0, 0.05) is 10.7 Å². The Bertz CT molecular complexity index is 497. The summed E-state index contributed by atoms with van der Waals surface area (Å²) in [4.78, 5) is 3.96.